The summed E-state index contributed by atoms with van der Waals surface area (Å²) in [5.74, 6) is -0.156. The van der Waals surface area contributed by atoms with Crippen LogP contribution in [0.1, 0.15) is 19.8 Å². The zero-order chi connectivity index (χ0) is 15.6. The molecule has 1 aliphatic rings. The van der Waals surface area contributed by atoms with Gasteiger partial charge >= 0.3 is 0 Å². The molecule has 1 saturated heterocycles. The van der Waals surface area contributed by atoms with Gasteiger partial charge in [-0.2, -0.15) is 0 Å². The van der Waals surface area contributed by atoms with Crippen LogP contribution in [-0.4, -0.2) is 29.8 Å². The number of rotatable bonds is 2. The molecular formula is C14H17Cl2N3O2. The molecule has 1 aromatic carbocycles. The van der Waals surface area contributed by atoms with Crippen molar-refractivity contribution in [3.63, 3.8) is 0 Å². The number of nitrogens with one attached hydrogen (secondary N) is 1. The van der Waals surface area contributed by atoms with E-state index in [4.69, 9.17) is 28.9 Å². The van der Waals surface area contributed by atoms with Gasteiger partial charge in [0, 0.05) is 31.6 Å². The molecular weight excluding hydrogens is 313 g/mol. The highest BCUT2D eigenvalue weighted by Crippen LogP contribution is 2.31. The maximum absolute atomic E-state index is 12.2. The van der Waals surface area contributed by atoms with E-state index in [1.54, 1.807) is 24.0 Å². The molecule has 1 aromatic rings. The molecule has 0 aliphatic carbocycles. The van der Waals surface area contributed by atoms with Crippen LogP contribution in [0.2, 0.25) is 10.0 Å². The van der Waals surface area contributed by atoms with Gasteiger partial charge in [-0.15, -0.1) is 0 Å². The molecule has 1 aliphatic heterocycles. The maximum atomic E-state index is 12.2. The third-order valence-corrected chi connectivity index (χ3v) is 4.28. The molecule has 0 unspecified atom stereocenters. The molecule has 0 bridgehead atoms. The molecule has 0 atom stereocenters. The van der Waals surface area contributed by atoms with Gasteiger partial charge in [0.05, 0.1) is 15.7 Å². The Kier molecular flexibility index (Phi) is 4.96. The molecule has 0 spiro atoms. The number of nitrogen functional groups attached to an aromatic ring is 1. The number of carbonyl (C=O) groups excluding carboxylic acids is 2. The second-order valence-corrected chi connectivity index (χ2v) is 5.94. The molecule has 2 rings (SSSR count). The number of nitrogens with zero attached hydrogens (tertiary/aromatic N) is 1. The van der Waals surface area contributed by atoms with Crippen molar-refractivity contribution >= 4 is 46.4 Å². The van der Waals surface area contributed by atoms with E-state index in [9.17, 15) is 9.59 Å². The monoisotopic (exact) mass is 329 g/mol. The Morgan fingerprint density at radius 1 is 1.24 bits per heavy atom. The average molecular weight is 330 g/mol. The van der Waals surface area contributed by atoms with Gasteiger partial charge in [0.2, 0.25) is 11.8 Å². The van der Waals surface area contributed by atoms with Crippen LogP contribution in [-0.2, 0) is 9.59 Å². The quantitative estimate of drug-likeness (QED) is 0.819. The molecule has 5 nitrogen and oxygen atoms in total. The summed E-state index contributed by atoms with van der Waals surface area (Å²) in [5.41, 5.74) is 6.48. The standard InChI is InChI=1S/C14H17Cl2N3O2/c1-8(20)19-4-2-9(3-5-19)14(21)18-10-6-11(15)13(17)12(16)7-10/h6-7,9H,2-5,17H2,1H3,(H,18,21). The number of likely N-dealkylation sites (tertiary alicyclic amines) is 1. The number of halogens is 2. The van der Waals surface area contributed by atoms with E-state index in [0.29, 0.717) is 47.4 Å². The first-order valence-corrected chi connectivity index (χ1v) is 7.45. The summed E-state index contributed by atoms with van der Waals surface area (Å²) in [6, 6.07) is 3.15. The van der Waals surface area contributed by atoms with Crippen LogP contribution >= 0.6 is 23.2 Å². The molecule has 0 saturated carbocycles. The number of hydrogen-bond acceptors (Lipinski definition) is 3. The molecule has 0 radical (unpaired) electrons. The summed E-state index contributed by atoms with van der Waals surface area (Å²) >= 11 is 11.9. The van der Waals surface area contributed by atoms with Crippen LogP contribution in [0.3, 0.4) is 0 Å². The largest absolute Gasteiger partial charge is 0.396 e. The zero-order valence-electron chi connectivity index (χ0n) is 11.7. The predicted octanol–water partition coefficient (Wildman–Crippen LogP) is 2.77. The highest BCUT2D eigenvalue weighted by atomic mass is 35.5. The molecule has 114 valence electrons. The fourth-order valence-electron chi connectivity index (χ4n) is 2.36. The lowest BCUT2D eigenvalue weighted by Crippen LogP contribution is -2.40. The lowest BCUT2D eigenvalue weighted by molar-refractivity contribution is -0.132. The molecule has 3 N–H and O–H groups in total. The second-order valence-electron chi connectivity index (χ2n) is 5.12. The number of amides is 2. The maximum Gasteiger partial charge on any atom is 0.227 e. The predicted molar refractivity (Wildman–Crippen MR) is 84.5 cm³/mol. The first-order valence-electron chi connectivity index (χ1n) is 6.69. The summed E-state index contributed by atoms with van der Waals surface area (Å²) in [7, 11) is 0. The van der Waals surface area contributed by atoms with E-state index in [-0.39, 0.29) is 17.7 Å². The number of piperidine rings is 1. The number of carbonyl (C=O) groups is 2. The first kappa shape index (κ1) is 15.9. The Morgan fingerprint density at radius 3 is 2.24 bits per heavy atom. The first-order chi connectivity index (χ1) is 9.88. The summed E-state index contributed by atoms with van der Waals surface area (Å²) in [4.78, 5) is 25.2. The van der Waals surface area contributed by atoms with E-state index < -0.39 is 0 Å². The molecule has 21 heavy (non-hydrogen) atoms. The number of benzene rings is 1. The van der Waals surface area contributed by atoms with Gasteiger partial charge in [-0.3, -0.25) is 9.59 Å². The summed E-state index contributed by atoms with van der Waals surface area (Å²) < 4.78 is 0. The van der Waals surface area contributed by atoms with E-state index in [1.807, 2.05) is 0 Å². The lowest BCUT2D eigenvalue weighted by Gasteiger charge is -2.30. The van der Waals surface area contributed by atoms with Crippen LogP contribution in [0.15, 0.2) is 12.1 Å². The van der Waals surface area contributed by atoms with Crippen LogP contribution in [0, 0.1) is 5.92 Å². The fourth-order valence-corrected chi connectivity index (χ4v) is 2.84. The van der Waals surface area contributed by atoms with Crippen LogP contribution in [0.5, 0.6) is 0 Å². The van der Waals surface area contributed by atoms with Crippen LogP contribution < -0.4 is 11.1 Å². The normalized spacial score (nSPS) is 15.9. The van der Waals surface area contributed by atoms with Crippen molar-refractivity contribution in [2.75, 3.05) is 24.1 Å². The zero-order valence-corrected chi connectivity index (χ0v) is 13.2. The summed E-state index contributed by atoms with van der Waals surface area (Å²) in [6.45, 7) is 2.76. The van der Waals surface area contributed by atoms with Gasteiger partial charge in [0.1, 0.15) is 0 Å². The third-order valence-electron chi connectivity index (χ3n) is 3.66. The Bertz CT molecular complexity index is 546. The molecule has 7 heteroatoms. The minimum atomic E-state index is -0.115. The van der Waals surface area contributed by atoms with Crippen molar-refractivity contribution in [1.29, 1.82) is 0 Å². The van der Waals surface area contributed by atoms with Gasteiger partial charge in [0.15, 0.2) is 0 Å². The lowest BCUT2D eigenvalue weighted by atomic mass is 9.96. The average Bonchev–Trinajstić information content (AvgIpc) is 2.44. The van der Waals surface area contributed by atoms with Gasteiger partial charge in [-0.1, -0.05) is 23.2 Å². The van der Waals surface area contributed by atoms with Crippen molar-refractivity contribution in [2.24, 2.45) is 5.92 Å². The number of anilines is 2. The molecule has 1 fully saturated rings. The van der Waals surface area contributed by atoms with Gasteiger partial charge in [-0.05, 0) is 25.0 Å². The third kappa shape index (κ3) is 3.80. The van der Waals surface area contributed by atoms with Crippen molar-refractivity contribution in [3.8, 4) is 0 Å². The van der Waals surface area contributed by atoms with E-state index >= 15 is 0 Å². The topological polar surface area (TPSA) is 75.4 Å². The van der Waals surface area contributed by atoms with Crippen LogP contribution in [0.4, 0.5) is 11.4 Å². The van der Waals surface area contributed by atoms with E-state index in [0.717, 1.165) is 0 Å². The van der Waals surface area contributed by atoms with Gasteiger partial charge in [-0.25, -0.2) is 0 Å². The highest BCUT2D eigenvalue weighted by Gasteiger charge is 2.26. The van der Waals surface area contributed by atoms with Crippen molar-refractivity contribution < 1.29 is 9.59 Å². The summed E-state index contributed by atoms with van der Waals surface area (Å²) in [6.07, 6.45) is 1.31. The molecule has 2 amide bonds. The summed E-state index contributed by atoms with van der Waals surface area (Å²) in [5, 5.41) is 3.42. The minimum absolute atomic E-state index is 0.0472. The highest BCUT2D eigenvalue weighted by molar-refractivity contribution is 6.39. The Morgan fingerprint density at radius 2 is 1.76 bits per heavy atom. The van der Waals surface area contributed by atoms with E-state index in [2.05, 4.69) is 5.32 Å². The Balaban J connectivity index is 1.98. The Hall–Kier alpha value is -1.46. The van der Waals surface area contributed by atoms with Crippen LogP contribution in [0.25, 0.3) is 0 Å². The molecule has 1 heterocycles. The molecule has 0 aromatic heterocycles. The smallest absolute Gasteiger partial charge is 0.227 e. The second kappa shape index (κ2) is 6.54. The Labute approximate surface area is 133 Å². The number of nitrogens with two attached hydrogens (primary N) is 1. The van der Waals surface area contributed by atoms with Gasteiger partial charge in [0.25, 0.3) is 0 Å². The van der Waals surface area contributed by atoms with Crippen molar-refractivity contribution in [2.45, 2.75) is 19.8 Å². The van der Waals surface area contributed by atoms with Crippen molar-refractivity contribution in [3.05, 3.63) is 22.2 Å². The minimum Gasteiger partial charge on any atom is -0.396 e. The fraction of sp³-hybridized carbons (Fsp3) is 0.429. The number of hydrogen-bond donors (Lipinski definition) is 2. The van der Waals surface area contributed by atoms with E-state index in [1.165, 1.54) is 0 Å². The van der Waals surface area contributed by atoms with Crippen molar-refractivity contribution in [1.82, 2.24) is 4.90 Å². The SMILES string of the molecule is CC(=O)N1CCC(C(=O)Nc2cc(Cl)c(N)c(Cl)c2)CC1. The van der Waals surface area contributed by atoms with Gasteiger partial charge < -0.3 is 16.0 Å².